The van der Waals surface area contributed by atoms with Gasteiger partial charge in [0.2, 0.25) is 5.91 Å². The zero-order valence-electron chi connectivity index (χ0n) is 13.5. The van der Waals surface area contributed by atoms with Crippen LogP contribution in [0.4, 0.5) is 0 Å². The molecule has 1 amide bonds. The van der Waals surface area contributed by atoms with Gasteiger partial charge in [0, 0.05) is 23.3 Å². The summed E-state index contributed by atoms with van der Waals surface area (Å²) in [5.41, 5.74) is 0.953. The van der Waals surface area contributed by atoms with E-state index < -0.39 is 0 Å². The zero-order valence-corrected chi connectivity index (χ0v) is 14.3. The lowest BCUT2D eigenvalue weighted by Crippen LogP contribution is -2.23. The lowest BCUT2D eigenvalue weighted by Gasteiger charge is -2.03. The van der Waals surface area contributed by atoms with Crippen molar-refractivity contribution in [2.75, 3.05) is 18.9 Å². The predicted molar refractivity (Wildman–Crippen MR) is 101 cm³/mol. The third-order valence-corrected chi connectivity index (χ3v) is 4.10. The van der Waals surface area contributed by atoms with Gasteiger partial charge < -0.3 is 10.1 Å². The van der Waals surface area contributed by atoms with Gasteiger partial charge in [-0.15, -0.1) is 11.8 Å². The largest absolute Gasteiger partial charge is 0.490 e. The van der Waals surface area contributed by atoms with Crippen LogP contribution in [0, 0.1) is 0 Å². The van der Waals surface area contributed by atoms with E-state index in [1.807, 2.05) is 42.5 Å². The van der Waals surface area contributed by atoms with Crippen LogP contribution in [0.25, 0.3) is 6.08 Å². The molecule has 0 aromatic heterocycles. The number of thioether (sulfide) groups is 1. The van der Waals surface area contributed by atoms with Crippen LogP contribution < -0.4 is 10.1 Å². The molecule has 0 radical (unpaired) electrons. The highest BCUT2D eigenvalue weighted by molar-refractivity contribution is 7.99. The Balaban J connectivity index is 1.69. The molecule has 2 aromatic carbocycles. The van der Waals surface area contributed by atoms with Gasteiger partial charge in [-0.3, -0.25) is 4.79 Å². The first-order valence-corrected chi connectivity index (χ1v) is 8.74. The van der Waals surface area contributed by atoms with E-state index in [9.17, 15) is 4.79 Å². The van der Waals surface area contributed by atoms with Crippen molar-refractivity contribution in [3.8, 4) is 5.75 Å². The molecule has 3 nitrogen and oxygen atoms in total. The van der Waals surface area contributed by atoms with Crippen LogP contribution in [0.5, 0.6) is 5.75 Å². The number of hydrogen-bond donors (Lipinski definition) is 1. The third kappa shape index (κ3) is 6.75. The van der Waals surface area contributed by atoms with Gasteiger partial charge in [-0.2, -0.15) is 0 Å². The Hall–Kier alpha value is -2.46. The minimum absolute atomic E-state index is 0.0874. The van der Waals surface area contributed by atoms with Crippen LogP contribution in [-0.4, -0.2) is 24.8 Å². The van der Waals surface area contributed by atoms with Crippen molar-refractivity contribution in [2.45, 2.75) is 4.90 Å². The van der Waals surface area contributed by atoms with E-state index in [1.54, 1.807) is 30.0 Å². The van der Waals surface area contributed by atoms with E-state index in [1.165, 1.54) is 4.90 Å². The Morgan fingerprint density at radius 2 is 1.88 bits per heavy atom. The molecule has 1 N–H and O–H groups in total. The summed E-state index contributed by atoms with van der Waals surface area (Å²) >= 11 is 1.73. The van der Waals surface area contributed by atoms with Gasteiger partial charge in [-0.05, 0) is 35.9 Å². The molecule has 0 atom stereocenters. The van der Waals surface area contributed by atoms with Gasteiger partial charge in [0.05, 0.1) is 0 Å². The smallest absolute Gasteiger partial charge is 0.244 e. The third-order valence-electron chi connectivity index (χ3n) is 3.09. The Labute approximate surface area is 147 Å². The number of ether oxygens (including phenoxy) is 1. The van der Waals surface area contributed by atoms with Crippen LogP contribution in [0.3, 0.4) is 0 Å². The Bertz CT molecular complexity index is 666. The minimum atomic E-state index is -0.0874. The molecule has 0 saturated carbocycles. The van der Waals surface area contributed by atoms with E-state index in [2.05, 4.69) is 24.0 Å². The molecule has 24 heavy (non-hydrogen) atoms. The Morgan fingerprint density at radius 3 is 2.58 bits per heavy atom. The number of nitrogens with one attached hydrogen (secondary N) is 1. The molecule has 0 unspecified atom stereocenters. The summed E-state index contributed by atoms with van der Waals surface area (Å²) in [6, 6.07) is 17.7. The van der Waals surface area contributed by atoms with Crippen molar-refractivity contribution in [1.29, 1.82) is 0 Å². The first kappa shape index (κ1) is 17.9. The van der Waals surface area contributed by atoms with Crippen molar-refractivity contribution in [3.05, 3.63) is 78.9 Å². The number of benzene rings is 2. The first-order valence-electron chi connectivity index (χ1n) is 7.75. The van der Waals surface area contributed by atoms with Crippen molar-refractivity contribution in [3.63, 3.8) is 0 Å². The highest BCUT2D eigenvalue weighted by atomic mass is 32.2. The van der Waals surface area contributed by atoms with Gasteiger partial charge >= 0.3 is 0 Å². The molecule has 2 aromatic rings. The Morgan fingerprint density at radius 1 is 1.12 bits per heavy atom. The molecule has 0 heterocycles. The Kier molecular flexibility index (Phi) is 7.71. The number of hydrogen-bond acceptors (Lipinski definition) is 3. The number of carbonyl (C=O) groups excluding carboxylic acids is 1. The molecule has 0 aliphatic heterocycles. The summed E-state index contributed by atoms with van der Waals surface area (Å²) in [5, 5.41) is 2.88. The van der Waals surface area contributed by atoms with Gasteiger partial charge in [0.1, 0.15) is 12.4 Å². The normalized spacial score (nSPS) is 10.5. The van der Waals surface area contributed by atoms with Crippen LogP contribution in [0.15, 0.2) is 78.2 Å². The van der Waals surface area contributed by atoms with Crippen molar-refractivity contribution in [1.82, 2.24) is 5.32 Å². The fourth-order valence-electron chi connectivity index (χ4n) is 1.92. The molecule has 2 rings (SSSR count). The van der Waals surface area contributed by atoms with Crippen LogP contribution in [-0.2, 0) is 4.79 Å². The van der Waals surface area contributed by atoms with E-state index in [4.69, 9.17) is 4.74 Å². The predicted octanol–water partition coefficient (Wildman–Crippen LogP) is 4.17. The summed E-state index contributed by atoms with van der Waals surface area (Å²) in [4.78, 5) is 13.0. The highest BCUT2D eigenvalue weighted by Gasteiger charge is 1.97. The van der Waals surface area contributed by atoms with Crippen LogP contribution in [0.2, 0.25) is 0 Å². The van der Waals surface area contributed by atoms with Crippen molar-refractivity contribution in [2.24, 2.45) is 0 Å². The number of rotatable bonds is 9. The van der Waals surface area contributed by atoms with Crippen LogP contribution in [0.1, 0.15) is 5.56 Å². The maximum absolute atomic E-state index is 11.8. The minimum Gasteiger partial charge on any atom is -0.490 e. The molecule has 0 aliphatic carbocycles. The highest BCUT2D eigenvalue weighted by Crippen LogP contribution is 2.16. The maximum Gasteiger partial charge on any atom is 0.244 e. The van der Waals surface area contributed by atoms with Gasteiger partial charge in [0.25, 0.3) is 0 Å². The van der Waals surface area contributed by atoms with E-state index in [0.29, 0.717) is 13.2 Å². The molecule has 0 saturated heterocycles. The molecular weight excluding hydrogens is 318 g/mol. The molecule has 4 heteroatoms. The van der Waals surface area contributed by atoms with E-state index in [-0.39, 0.29) is 5.91 Å². The summed E-state index contributed by atoms with van der Waals surface area (Å²) in [5.74, 6) is 1.55. The first-order chi connectivity index (χ1) is 11.8. The summed E-state index contributed by atoms with van der Waals surface area (Å²) in [6.07, 6.45) is 5.04. The van der Waals surface area contributed by atoms with Crippen molar-refractivity contribution >= 4 is 23.7 Å². The van der Waals surface area contributed by atoms with Crippen LogP contribution >= 0.6 is 11.8 Å². The lowest BCUT2D eigenvalue weighted by molar-refractivity contribution is -0.116. The van der Waals surface area contributed by atoms with Gasteiger partial charge in [-0.25, -0.2) is 0 Å². The topological polar surface area (TPSA) is 38.3 Å². The maximum atomic E-state index is 11.8. The number of carbonyl (C=O) groups is 1. The second-order valence-electron chi connectivity index (χ2n) is 4.95. The lowest BCUT2D eigenvalue weighted by atomic mass is 10.2. The average molecular weight is 339 g/mol. The average Bonchev–Trinajstić information content (AvgIpc) is 2.63. The van der Waals surface area contributed by atoms with E-state index >= 15 is 0 Å². The second-order valence-corrected chi connectivity index (χ2v) is 6.12. The quantitative estimate of drug-likeness (QED) is 0.322. The summed E-state index contributed by atoms with van der Waals surface area (Å²) < 4.78 is 5.41. The number of amides is 1. The second kappa shape index (κ2) is 10.3. The monoisotopic (exact) mass is 339 g/mol. The fourth-order valence-corrected chi connectivity index (χ4v) is 2.71. The van der Waals surface area contributed by atoms with E-state index in [0.717, 1.165) is 17.1 Å². The standard InChI is InChI=1S/C20H21NO2S/c1-2-15-23-18-11-8-17(9-12-18)10-13-20(22)21-14-16-24-19-6-4-3-5-7-19/h2-13H,1,14-16H2,(H,21,22)/b13-10+. The van der Waals surface area contributed by atoms with Gasteiger partial charge in [-0.1, -0.05) is 43.0 Å². The molecule has 124 valence electrons. The molecule has 0 spiro atoms. The SMILES string of the molecule is C=CCOc1ccc(/C=C/C(=O)NCCSc2ccccc2)cc1. The fraction of sp³-hybridized carbons (Fsp3) is 0.150. The summed E-state index contributed by atoms with van der Waals surface area (Å²) in [7, 11) is 0. The van der Waals surface area contributed by atoms with Gasteiger partial charge in [0.15, 0.2) is 0 Å². The molecule has 0 aliphatic rings. The summed E-state index contributed by atoms with van der Waals surface area (Å²) in [6.45, 7) is 4.73. The molecule has 0 fully saturated rings. The molecular formula is C20H21NO2S. The van der Waals surface area contributed by atoms with Crippen molar-refractivity contribution < 1.29 is 9.53 Å². The molecule has 0 bridgehead atoms. The zero-order chi connectivity index (χ0) is 17.0.